The van der Waals surface area contributed by atoms with Gasteiger partial charge in [0.15, 0.2) is 5.41 Å². The van der Waals surface area contributed by atoms with Gasteiger partial charge in [0.05, 0.1) is 16.8 Å². The summed E-state index contributed by atoms with van der Waals surface area (Å²) in [6, 6.07) is 0. The molecule has 0 bridgehead atoms. The van der Waals surface area contributed by atoms with E-state index < -0.39 is 5.41 Å². The van der Waals surface area contributed by atoms with Crippen LogP contribution < -0.4 is 0 Å². The first-order valence-corrected chi connectivity index (χ1v) is 4.96. The summed E-state index contributed by atoms with van der Waals surface area (Å²) in [6.45, 7) is 2.16. The minimum Gasteiger partial charge on any atom is -0.439 e. The lowest BCUT2D eigenvalue weighted by Gasteiger charge is -2.33. The van der Waals surface area contributed by atoms with Crippen LogP contribution in [0.2, 0.25) is 0 Å². The van der Waals surface area contributed by atoms with Gasteiger partial charge in [-0.05, 0) is 12.8 Å². The average Bonchev–Trinajstić information content (AvgIpc) is 1.85. The van der Waals surface area contributed by atoms with Crippen LogP contribution >= 0.6 is 0 Å². The van der Waals surface area contributed by atoms with E-state index in [4.69, 9.17) is 9.47 Å². The van der Waals surface area contributed by atoms with Crippen LogP contribution in [0.3, 0.4) is 0 Å². The molecule has 3 nitrogen and oxygen atoms in total. The SMILES string of the molecule is CC(=O)OC1([SiH3])CCCCO1. The maximum Gasteiger partial charge on any atom is 0.304 e. The summed E-state index contributed by atoms with van der Waals surface area (Å²) in [5.74, 6) is -0.234. The fourth-order valence-corrected chi connectivity index (χ4v) is 2.14. The second kappa shape index (κ2) is 3.36. The maximum absolute atomic E-state index is 10.6. The minimum atomic E-state index is -0.510. The molecular weight excluding hydrogens is 160 g/mol. The molecule has 4 heteroatoms. The molecule has 11 heavy (non-hydrogen) atoms. The Morgan fingerprint density at radius 3 is 2.82 bits per heavy atom. The van der Waals surface area contributed by atoms with Crippen molar-refractivity contribution in [3.05, 3.63) is 0 Å². The monoisotopic (exact) mass is 174 g/mol. The molecule has 1 atom stereocenters. The van der Waals surface area contributed by atoms with Gasteiger partial charge in [-0.1, -0.05) is 0 Å². The van der Waals surface area contributed by atoms with E-state index in [1.807, 2.05) is 0 Å². The van der Waals surface area contributed by atoms with Gasteiger partial charge < -0.3 is 9.47 Å². The fraction of sp³-hybridized carbons (Fsp3) is 0.857. The zero-order chi connectivity index (χ0) is 8.32. The molecule has 0 aromatic rings. The molecule has 0 amide bonds. The quantitative estimate of drug-likeness (QED) is 0.407. The molecule has 1 unspecified atom stereocenters. The molecule has 0 aromatic carbocycles. The van der Waals surface area contributed by atoms with Gasteiger partial charge >= 0.3 is 5.97 Å². The van der Waals surface area contributed by atoms with E-state index in [0.717, 1.165) is 36.1 Å². The van der Waals surface area contributed by atoms with Crippen molar-refractivity contribution < 1.29 is 14.3 Å². The normalized spacial score (nSPS) is 31.7. The third kappa shape index (κ3) is 2.63. The summed E-state index contributed by atoms with van der Waals surface area (Å²) in [6.07, 6.45) is 3.07. The third-order valence-corrected chi connectivity index (χ3v) is 2.79. The second-order valence-electron chi connectivity index (χ2n) is 3.03. The van der Waals surface area contributed by atoms with Gasteiger partial charge in [-0.25, -0.2) is 0 Å². The van der Waals surface area contributed by atoms with Gasteiger partial charge in [0, 0.05) is 13.3 Å². The predicted molar refractivity (Wildman–Crippen MR) is 44.2 cm³/mol. The Hall–Kier alpha value is -0.353. The Bertz CT molecular complexity index is 152. The van der Waals surface area contributed by atoms with Crippen molar-refractivity contribution >= 4 is 16.2 Å². The van der Waals surface area contributed by atoms with Gasteiger partial charge in [0.2, 0.25) is 0 Å². The lowest BCUT2D eigenvalue weighted by Crippen LogP contribution is -2.40. The minimum absolute atomic E-state index is 0.234. The second-order valence-corrected chi connectivity index (χ2v) is 4.56. The van der Waals surface area contributed by atoms with E-state index in [-0.39, 0.29) is 5.97 Å². The fourth-order valence-electron chi connectivity index (χ4n) is 1.29. The Morgan fingerprint density at radius 2 is 2.36 bits per heavy atom. The number of hydrogen-bond acceptors (Lipinski definition) is 3. The summed E-state index contributed by atoms with van der Waals surface area (Å²) in [7, 11) is 0.763. The summed E-state index contributed by atoms with van der Waals surface area (Å²) >= 11 is 0. The van der Waals surface area contributed by atoms with Crippen molar-refractivity contribution in [2.24, 2.45) is 0 Å². The molecule has 64 valence electrons. The highest BCUT2D eigenvalue weighted by molar-refractivity contribution is 6.14. The topological polar surface area (TPSA) is 35.5 Å². The van der Waals surface area contributed by atoms with Crippen LogP contribution in [0, 0.1) is 0 Å². The smallest absolute Gasteiger partial charge is 0.304 e. The highest BCUT2D eigenvalue weighted by Crippen LogP contribution is 2.22. The van der Waals surface area contributed by atoms with E-state index in [1.165, 1.54) is 6.92 Å². The molecule has 0 spiro atoms. The van der Waals surface area contributed by atoms with Crippen LogP contribution in [0.5, 0.6) is 0 Å². The van der Waals surface area contributed by atoms with Crippen LogP contribution in [0.1, 0.15) is 26.2 Å². The molecule has 0 saturated carbocycles. The first-order valence-electron chi connectivity index (χ1n) is 3.96. The van der Waals surface area contributed by atoms with Gasteiger partial charge in [-0.2, -0.15) is 0 Å². The summed E-state index contributed by atoms with van der Waals surface area (Å²) in [4.78, 5) is 10.6. The van der Waals surface area contributed by atoms with E-state index in [1.54, 1.807) is 0 Å². The highest BCUT2D eigenvalue weighted by Gasteiger charge is 2.30. The van der Waals surface area contributed by atoms with Crippen molar-refractivity contribution in [3.8, 4) is 0 Å². The standard InChI is InChI=1S/C7H14O3Si/c1-6(8)10-7(11)4-2-3-5-9-7/h2-5H2,1,11H3. The summed E-state index contributed by atoms with van der Waals surface area (Å²) < 4.78 is 10.5. The van der Waals surface area contributed by atoms with Gasteiger partial charge in [0.1, 0.15) is 0 Å². The average molecular weight is 174 g/mol. The number of esters is 1. The van der Waals surface area contributed by atoms with Crippen LogP contribution in [-0.4, -0.2) is 28.2 Å². The molecule has 1 aliphatic heterocycles. The lowest BCUT2D eigenvalue weighted by molar-refractivity contribution is -0.203. The van der Waals surface area contributed by atoms with Gasteiger partial charge in [-0.15, -0.1) is 0 Å². The van der Waals surface area contributed by atoms with Gasteiger partial charge in [0.25, 0.3) is 0 Å². The first-order chi connectivity index (χ1) is 5.12. The molecule has 0 aromatic heterocycles. The molecule has 1 heterocycles. The Balaban J connectivity index is 2.43. The Morgan fingerprint density at radius 1 is 1.64 bits per heavy atom. The number of ether oxygens (including phenoxy) is 2. The lowest BCUT2D eigenvalue weighted by atomic mass is 10.2. The molecule has 0 N–H and O–H groups in total. The first kappa shape index (κ1) is 8.74. The molecule has 1 aliphatic rings. The van der Waals surface area contributed by atoms with Crippen LogP contribution in [0.4, 0.5) is 0 Å². The van der Waals surface area contributed by atoms with E-state index in [9.17, 15) is 4.79 Å². The zero-order valence-corrected chi connectivity index (χ0v) is 9.05. The highest BCUT2D eigenvalue weighted by atomic mass is 28.1. The molecule has 1 rings (SSSR count). The molecule has 0 aliphatic carbocycles. The summed E-state index contributed by atoms with van der Waals surface area (Å²) in [5, 5.41) is 0. The molecule has 1 saturated heterocycles. The van der Waals surface area contributed by atoms with E-state index >= 15 is 0 Å². The van der Waals surface area contributed by atoms with Crippen molar-refractivity contribution in [1.82, 2.24) is 0 Å². The molecular formula is C7H14O3Si. The largest absolute Gasteiger partial charge is 0.439 e. The third-order valence-electron chi connectivity index (χ3n) is 1.79. The zero-order valence-electron chi connectivity index (χ0n) is 7.05. The predicted octanol–water partition coefficient (Wildman–Crippen LogP) is -0.231. The van der Waals surface area contributed by atoms with Crippen molar-refractivity contribution in [2.75, 3.05) is 6.61 Å². The van der Waals surface area contributed by atoms with Crippen LogP contribution in [0.15, 0.2) is 0 Å². The van der Waals surface area contributed by atoms with Crippen molar-refractivity contribution in [1.29, 1.82) is 0 Å². The molecule has 1 fully saturated rings. The Kier molecular flexibility index (Phi) is 2.67. The number of carbonyl (C=O) groups excluding carboxylic acids is 1. The summed E-state index contributed by atoms with van der Waals surface area (Å²) in [5.41, 5.74) is -0.510. The maximum atomic E-state index is 10.6. The van der Waals surface area contributed by atoms with Crippen molar-refractivity contribution in [2.45, 2.75) is 31.6 Å². The van der Waals surface area contributed by atoms with Gasteiger partial charge in [-0.3, -0.25) is 4.79 Å². The number of hydrogen-bond donors (Lipinski definition) is 0. The Labute approximate surface area is 69.5 Å². The number of carbonyl (C=O) groups is 1. The number of rotatable bonds is 1. The van der Waals surface area contributed by atoms with E-state index in [0.29, 0.717) is 0 Å². The van der Waals surface area contributed by atoms with E-state index in [2.05, 4.69) is 0 Å². The molecule has 0 radical (unpaired) electrons. The van der Waals surface area contributed by atoms with Crippen molar-refractivity contribution in [3.63, 3.8) is 0 Å². The van der Waals surface area contributed by atoms with Crippen LogP contribution in [0.25, 0.3) is 0 Å². The van der Waals surface area contributed by atoms with Crippen LogP contribution in [-0.2, 0) is 14.3 Å².